The van der Waals surface area contributed by atoms with Gasteiger partial charge in [0.1, 0.15) is 0 Å². The van der Waals surface area contributed by atoms with E-state index in [0.717, 1.165) is 0 Å². The van der Waals surface area contributed by atoms with Gasteiger partial charge in [-0.25, -0.2) is 0 Å². The van der Waals surface area contributed by atoms with Gasteiger partial charge in [-0.1, -0.05) is 23.7 Å². The van der Waals surface area contributed by atoms with Crippen molar-refractivity contribution in [1.82, 2.24) is 5.32 Å². The highest BCUT2D eigenvalue weighted by Crippen LogP contribution is 2.26. The summed E-state index contributed by atoms with van der Waals surface area (Å²) in [6.45, 7) is -0.0559. The number of hydrogen-bond donors (Lipinski definition) is 3. The van der Waals surface area contributed by atoms with Crippen molar-refractivity contribution >= 4 is 17.5 Å². The van der Waals surface area contributed by atoms with E-state index >= 15 is 0 Å². The second-order valence-electron chi connectivity index (χ2n) is 4.63. The standard InChI is InChI=1S/C13H16ClNO3/c14-11-4-2-1-3-10(11)13(18)15-9-5-8(7-16)12(17)6-9/h1-4,8-9,12,16-17H,5-7H2,(H,15,18)/t8-,9+,12+/m0/s1. The number of aliphatic hydroxyl groups is 2. The predicted octanol–water partition coefficient (Wildman–Crippen LogP) is 1.20. The normalized spacial score (nSPS) is 27.2. The summed E-state index contributed by atoms with van der Waals surface area (Å²) in [4.78, 5) is 12.0. The number of amides is 1. The van der Waals surface area contributed by atoms with Gasteiger partial charge in [0.2, 0.25) is 0 Å². The third-order valence-electron chi connectivity index (χ3n) is 3.35. The van der Waals surface area contributed by atoms with E-state index in [1.165, 1.54) is 0 Å². The Bertz CT molecular complexity index is 438. The maximum absolute atomic E-state index is 12.0. The van der Waals surface area contributed by atoms with E-state index in [2.05, 4.69) is 5.32 Å². The molecule has 1 aromatic carbocycles. The van der Waals surface area contributed by atoms with Gasteiger partial charge in [0.25, 0.3) is 5.91 Å². The zero-order chi connectivity index (χ0) is 13.1. The summed E-state index contributed by atoms with van der Waals surface area (Å²) >= 11 is 5.94. The molecule has 1 fully saturated rings. The monoisotopic (exact) mass is 269 g/mol. The fourth-order valence-corrected chi connectivity index (χ4v) is 2.55. The zero-order valence-electron chi connectivity index (χ0n) is 9.84. The molecule has 0 bridgehead atoms. The van der Waals surface area contributed by atoms with E-state index in [9.17, 15) is 9.90 Å². The molecule has 0 radical (unpaired) electrons. The second-order valence-corrected chi connectivity index (χ2v) is 5.04. The molecule has 98 valence electrons. The second kappa shape index (κ2) is 5.69. The highest BCUT2D eigenvalue weighted by atomic mass is 35.5. The minimum Gasteiger partial charge on any atom is -0.396 e. The maximum atomic E-state index is 12.0. The third-order valence-corrected chi connectivity index (χ3v) is 3.68. The molecule has 1 aromatic rings. The molecule has 3 atom stereocenters. The Morgan fingerprint density at radius 3 is 2.72 bits per heavy atom. The van der Waals surface area contributed by atoms with Gasteiger partial charge in [-0.3, -0.25) is 4.79 Å². The number of hydrogen-bond acceptors (Lipinski definition) is 3. The Morgan fingerprint density at radius 1 is 1.39 bits per heavy atom. The van der Waals surface area contributed by atoms with Gasteiger partial charge < -0.3 is 15.5 Å². The van der Waals surface area contributed by atoms with Crippen molar-refractivity contribution in [3.63, 3.8) is 0 Å². The van der Waals surface area contributed by atoms with Crippen LogP contribution in [-0.4, -0.2) is 34.9 Å². The van der Waals surface area contributed by atoms with E-state index < -0.39 is 6.10 Å². The van der Waals surface area contributed by atoms with Crippen molar-refractivity contribution in [2.24, 2.45) is 5.92 Å². The highest BCUT2D eigenvalue weighted by Gasteiger charge is 2.33. The van der Waals surface area contributed by atoms with Crippen LogP contribution in [0.4, 0.5) is 0 Å². The molecule has 0 saturated heterocycles. The molecule has 3 N–H and O–H groups in total. The van der Waals surface area contributed by atoms with Crippen molar-refractivity contribution in [1.29, 1.82) is 0 Å². The van der Waals surface area contributed by atoms with Crippen LogP contribution < -0.4 is 5.32 Å². The predicted molar refractivity (Wildman–Crippen MR) is 68.5 cm³/mol. The molecule has 4 nitrogen and oxygen atoms in total. The van der Waals surface area contributed by atoms with Crippen LogP contribution in [0.2, 0.25) is 5.02 Å². The molecule has 5 heteroatoms. The van der Waals surface area contributed by atoms with Gasteiger partial charge in [0, 0.05) is 18.6 Å². The summed E-state index contributed by atoms with van der Waals surface area (Å²) in [5, 5.41) is 22.0. The molecule has 0 aliphatic heterocycles. The number of rotatable bonds is 3. The Labute approximate surface area is 111 Å². The number of halogens is 1. The molecule has 0 heterocycles. The fraction of sp³-hybridized carbons (Fsp3) is 0.462. The van der Waals surface area contributed by atoms with Crippen LogP contribution >= 0.6 is 11.6 Å². The van der Waals surface area contributed by atoms with Crippen LogP contribution in [0.25, 0.3) is 0 Å². The molecule has 1 amide bonds. The summed E-state index contributed by atoms with van der Waals surface area (Å²) in [7, 11) is 0. The van der Waals surface area contributed by atoms with Crippen molar-refractivity contribution < 1.29 is 15.0 Å². The average Bonchev–Trinajstić information content (AvgIpc) is 2.69. The van der Waals surface area contributed by atoms with E-state index in [0.29, 0.717) is 23.4 Å². The van der Waals surface area contributed by atoms with Crippen LogP contribution in [0.5, 0.6) is 0 Å². The number of benzene rings is 1. The van der Waals surface area contributed by atoms with E-state index in [4.69, 9.17) is 16.7 Å². The number of nitrogens with one attached hydrogen (secondary N) is 1. The molecule has 1 aliphatic rings. The van der Waals surface area contributed by atoms with E-state index in [1.807, 2.05) is 0 Å². The minimum absolute atomic E-state index is 0.0559. The first-order valence-electron chi connectivity index (χ1n) is 5.96. The molecule has 1 saturated carbocycles. The molecule has 2 rings (SSSR count). The fourth-order valence-electron chi connectivity index (χ4n) is 2.33. The van der Waals surface area contributed by atoms with Gasteiger partial charge in [-0.05, 0) is 25.0 Å². The summed E-state index contributed by atoms with van der Waals surface area (Å²) in [5.41, 5.74) is 0.432. The van der Waals surface area contributed by atoms with E-state index in [-0.39, 0.29) is 24.5 Å². The van der Waals surface area contributed by atoms with Gasteiger partial charge in [0.15, 0.2) is 0 Å². The molecular formula is C13H16ClNO3. The van der Waals surface area contributed by atoms with Gasteiger partial charge in [-0.2, -0.15) is 0 Å². The van der Waals surface area contributed by atoms with Gasteiger partial charge in [-0.15, -0.1) is 0 Å². The first-order valence-corrected chi connectivity index (χ1v) is 6.34. The van der Waals surface area contributed by atoms with Crippen LogP contribution in [0.15, 0.2) is 24.3 Å². The SMILES string of the molecule is O=C(N[C@@H]1C[C@@H](CO)[C@H](O)C1)c1ccccc1Cl. The minimum atomic E-state index is -0.549. The smallest absolute Gasteiger partial charge is 0.253 e. The van der Waals surface area contributed by atoms with Gasteiger partial charge in [0.05, 0.1) is 16.7 Å². The third kappa shape index (κ3) is 2.83. The van der Waals surface area contributed by atoms with E-state index in [1.54, 1.807) is 24.3 Å². The molecule has 18 heavy (non-hydrogen) atoms. The lowest BCUT2D eigenvalue weighted by molar-refractivity contribution is 0.0903. The Kier molecular flexibility index (Phi) is 4.22. The number of aliphatic hydroxyl groups excluding tert-OH is 2. The topological polar surface area (TPSA) is 69.6 Å². The van der Waals surface area contributed by atoms with Crippen LogP contribution in [-0.2, 0) is 0 Å². The van der Waals surface area contributed by atoms with Crippen molar-refractivity contribution in [2.45, 2.75) is 25.0 Å². The lowest BCUT2D eigenvalue weighted by atomic mass is 10.1. The first kappa shape index (κ1) is 13.3. The number of carbonyl (C=O) groups excluding carboxylic acids is 1. The summed E-state index contributed by atoms with van der Waals surface area (Å²) in [6.07, 6.45) is 0.515. The van der Waals surface area contributed by atoms with Crippen LogP contribution in [0, 0.1) is 5.92 Å². The first-order chi connectivity index (χ1) is 8.61. The summed E-state index contributed by atoms with van der Waals surface area (Å²) in [5.74, 6) is -0.391. The Morgan fingerprint density at radius 2 is 2.11 bits per heavy atom. The lowest BCUT2D eigenvalue weighted by Gasteiger charge is -2.13. The van der Waals surface area contributed by atoms with Crippen molar-refractivity contribution in [3.05, 3.63) is 34.9 Å². The molecule has 0 aromatic heterocycles. The Balaban J connectivity index is 1.99. The largest absolute Gasteiger partial charge is 0.396 e. The highest BCUT2D eigenvalue weighted by molar-refractivity contribution is 6.33. The van der Waals surface area contributed by atoms with Gasteiger partial charge >= 0.3 is 0 Å². The van der Waals surface area contributed by atoms with Crippen molar-refractivity contribution in [2.75, 3.05) is 6.61 Å². The molecule has 0 spiro atoms. The Hall–Kier alpha value is -1.10. The molecular weight excluding hydrogens is 254 g/mol. The maximum Gasteiger partial charge on any atom is 0.253 e. The lowest BCUT2D eigenvalue weighted by Crippen LogP contribution is -2.33. The van der Waals surface area contributed by atoms with Crippen LogP contribution in [0.1, 0.15) is 23.2 Å². The summed E-state index contributed by atoms with van der Waals surface area (Å²) in [6, 6.07) is 6.73. The number of carbonyl (C=O) groups is 1. The molecule has 0 unspecified atom stereocenters. The van der Waals surface area contributed by atoms with Crippen LogP contribution in [0.3, 0.4) is 0 Å². The summed E-state index contributed by atoms with van der Waals surface area (Å²) < 4.78 is 0. The average molecular weight is 270 g/mol. The quantitative estimate of drug-likeness (QED) is 0.772. The zero-order valence-corrected chi connectivity index (χ0v) is 10.6. The molecule has 1 aliphatic carbocycles. The van der Waals surface area contributed by atoms with Crippen molar-refractivity contribution in [3.8, 4) is 0 Å².